The van der Waals surface area contributed by atoms with Gasteiger partial charge in [0.25, 0.3) is 0 Å². The van der Waals surface area contributed by atoms with Gasteiger partial charge in [-0.15, -0.1) is 10.2 Å². The number of ether oxygens (including phenoxy) is 1. The third kappa shape index (κ3) is 4.80. The van der Waals surface area contributed by atoms with E-state index in [1.54, 1.807) is 23.1 Å². The number of thioether (sulfide) groups is 1. The zero-order valence-electron chi connectivity index (χ0n) is 12.0. The molecule has 0 aliphatic rings. The summed E-state index contributed by atoms with van der Waals surface area (Å²) in [6.45, 7) is 2.72. The van der Waals surface area contributed by atoms with Crippen molar-refractivity contribution in [2.45, 2.75) is 43.6 Å². The fourth-order valence-electron chi connectivity index (χ4n) is 1.86. The highest BCUT2D eigenvalue weighted by atomic mass is 32.2. The lowest BCUT2D eigenvalue weighted by Gasteiger charge is -2.05. The first-order chi connectivity index (χ1) is 9.81. The molecule has 1 aromatic carbocycles. The zero-order chi connectivity index (χ0) is 14.2. The number of hydrogen-bond acceptors (Lipinski definition) is 5. The molecule has 2 rings (SSSR count). The van der Waals surface area contributed by atoms with Gasteiger partial charge in [0.1, 0.15) is 12.4 Å². The molecular weight excluding hydrogens is 288 g/mol. The SMILES string of the molecule is CCCCCc1ccc(OCc2nnc(SC)s2)cc1. The lowest BCUT2D eigenvalue weighted by molar-refractivity contribution is 0.304. The summed E-state index contributed by atoms with van der Waals surface area (Å²) >= 11 is 3.20. The standard InChI is InChI=1S/C15H20N2OS2/c1-3-4-5-6-12-7-9-13(10-8-12)18-11-14-16-17-15(19-2)20-14/h7-10H,3-6,11H2,1-2H3. The van der Waals surface area contributed by atoms with E-state index in [2.05, 4.69) is 29.3 Å². The van der Waals surface area contributed by atoms with Gasteiger partial charge < -0.3 is 4.74 Å². The van der Waals surface area contributed by atoms with Gasteiger partial charge in [0.05, 0.1) is 0 Å². The summed E-state index contributed by atoms with van der Waals surface area (Å²) in [4.78, 5) is 0. The van der Waals surface area contributed by atoms with Crippen molar-refractivity contribution in [1.29, 1.82) is 0 Å². The number of benzene rings is 1. The zero-order valence-corrected chi connectivity index (χ0v) is 13.6. The van der Waals surface area contributed by atoms with E-state index < -0.39 is 0 Å². The third-order valence-corrected chi connectivity index (χ3v) is 4.85. The maximum Gasteiger partial charge on any atom is 0.174 e. The Morgan fingerprint density at radius 3 is 2.60 bits per heavy atom. The van der Waals surface area contributed by atoms with Crippen LogP contribution in [0, 0.1) is 0 Å². The molecule has 20 heavy (non-hydrogen) atoms. The minimum Gasteiger partial charge on any atom is -0.486 e. The molecule has 0 aliphatic heterocycles. The molecule has 0 saturated carbocycles. The van der Waals surface area contributed by atoms with Crippen molar-refractivity contribution in [2.75, 3.05) is 6.26 Å². The molecule has 0 bridgehead atoms. The van der Waals surface area contributed by atoms with Gasteiger partial charge in [0.15, 0.2) is 9.35 Å². The molecular formula is C15H20N2OS2. The number of aryl methyl sites for hydroxylation is 1. The summed E-state index contributed by atoms with van der Waals surface area (Å²) in [5.74, 6) is 0.894. The molecule has 0 radical (unpaired) electrons. The van der Waals surface area contributed by atoms with Crippen LogP contribution < -0.4 is 4.74 Å². The van der Waals surface area contributed by atoms with Crippen LogP contribution in [0.3, 0.4) is 0 Å². The van der Waals surface area contributed by atoms with Gasteiger partial charge in [-0.3, -0.25) is 0 Å². The first kappa shape index (κ1) is 15.3. The third-order valence-electron chi connectivity index (χ3n) is 2.98. The number of unbranched alkanes of at least 4 members (excludes halogenated alkanes) is 2. The summed E-state index contributed by atoms with van der Waals surface area (Å²) in [5, 5.41) is 9.06. The molecule has 5 heteroatoms. The number of aromatic nitrogens is 2. The molecule has 0 unspecified atom stereocenters. The molecule has 0 saturated heterocycles. The van der Waals surface area contributed by atoms with Crippen molar-refractivity contribution in [3.63, 3.8) is 0 Å². The highest BCUT2D eigenvalue weighted by Crippen LogP contribution is 2.21. The van der Waals surface area contributed by atoms with Crippen LogP contribution >= 0.6 is 23.1 Å². The Labute approximate surface area is 128 Å². The fraction of sp³-hybridized carbons (Fsp3) is 0.467. The van der Waals surface area contributed by atoms with E-state index in [4.69, 9.17) is 4.74 Å². The maximum absolute atomic E-state index is 5.73. The first-order valence-corrected chi connectivity index (χ1v) is 8.94. The van der Waals surface area contributed by atoms with E-state index in [0.29, 0.717) is 6.61 Å². The molecule has 108 valence electrons. The van der Waals surface area contributed by atoms with Crippen molar-refractivity contribution in [3.8, 4) is 5.75 Å². The molecule has 1 aromatic heterocycles. The Balaban J connectivity index is 1.81. The molecule has 0 fully saturated rings. The van der Waals surface area contributed by atoms with Crippen molar-refractivity contribution < 1.29 is 4.74 Å². The second-order valence-corrected chi connectivity index (χ2v) is 6.67. The normalized spacial score (nSPS) is 10.7. The van der Waals surface area contributed by atoms with Crippen molar-refractivity contribution in [3.05, 3.63) is 34.8 Å². The number of hydrogen-bond donors (Lipinski definition) is 0. The summed E-state index contributed by atoms with van der Waals surface area (Å²) in [7, 11) is 0. The molecule has 0 amide bonds. The van der Waals surface area contributed by atoms with E-state index in [-0.39, 0.29) is 0 Å². The van der Waals surface area contributed by atoms with Gasteiger partial charge in [0, 0.05) is 0 Å². The van der Waals surface area contributed by atoms with Crippen LogP contribution in [0.1, 0.15) is 36.8 Å². The molecule has 2 aromatic rings. The molecule has 0 aliphatic carbocycles. The predicted octanol–water partition coefficient (Wildman–Crippen LogP) is 4.57. The second-order valence-electron chi connectivity index (χ2n) is 4.56. The van der Waals surface area contributed by atoms with E-state index in [1.807, 2.05) is 18.4 Å². The van der Waals surface area contributed by atoms with Crippen molar-refractivity contribution in [1.82, 2.24) is 10.2 Å². The van der Waals surface area contributed by atoms with Crippen LogP contribution in [0.15, 0.2) is 28.6 Å². The fourth-order valence-corrected chi connectivity index (χ4v) is 3.08. The van der Waals surface area contributed by atoms with Gasteiger partial charge in [-0.25, -0.2) is 0 Å². The average Bonchev–Trinajstić information content (AvgIpc) is 2.95. The quantitative estimate of drug-likeness (QED) is 0.528. The average molecular weight is 308 g/mol. The maximum atomic E-state index is 5.73. The first-order valence-electron chi connectivity index (χ1n) is 6.90. The summed E-state index contributed by atoms with van der Waals surface area (Å²) in [6.07, 6.45) is 6.98. The summed E-state index contributed by atoms with van der Waals surface area (Å²) < 4.78 is 6.71. The number of nitrogens with zero attached hydrogens (tertiary/aromatic N) is 2. The van der Waals surface area contributed by atoms with E-state index in [0.717, 1.165) is 21.5 Å². The number of rotatable bonds is 8. The lowest BCUT2D eigenvalue weighted by atomic mass is 10.1. The predicted molar refractivity (Wildman–Crippen MR) is 85.7 cm³/mol. The van der Waals surface area contributed by atoms with Gasteiger partial charge in [-0.2, -0.15) is 0 Å². The van der Waals surface area contributed by atoms with Crippen LogP contribution in [-0.4, -0.2) is 16.5 Å². The van der Waals surface area contributed by atoms with Gasteiger partial charge in [-0.05, 0) is 36.8 Å². The van der Waals surface area contributed by atoms with E-state index >= 15 is 0 Å². The molecule has 1 heterocycles. The Morgan fingerprint density at radius 2 is 1.95 bits per heavy atom. The largest absolute Gasteiger partial charge is 0.486 e. The highest BCUT2D eigenvalue weighted by molar-refractivity contribution is 8.00. The van der Waals surface area contributed by atoms with Gasteiger partial charge >= 0.3 is 0 Å². The van der Waals surface area contributed by atoms with E-state index in [9.17, 15) is 0 Å². The van der Waals surface area contributed by atoms with Crippen LogP contribution in [0.5, 0.6) is 5.75 Å². The van der Waals surface area contributed by atoms with Crippen LogP contribution in [0.2, 0.25) is 0 Å². The Hall–Kier alpha value is -1.07. The van der Waals surface area contributed by atoms with Gasteiger partial charge in [-0.1, -0.05) is 55.0 Å². The summed E-state index contributed by atoms with van der Waals surface area (Å²) in [5.41, 5.74) is 1.38. The van der Waals surface area contributed by atoms with Crippen LogP contribution in [-0.2, 0) is 13.0 Å². The Kier molecular flexibility index (Phi) is 6.33. The Bertz CT molecular complexity index is 511. The smallest absolute Gasteiger partial charge is 0.174 e. The Morgan fingerprint density at radius 1 is 1.15 bits per heavy atom. The lowest BCUT2D eigenvalue weighted by Crippen LogP contribution is -1.95. The topological polar surface area (TPSA) is 35.0 Å². The summed E-state index contributed by atoms with van der Waals surface area (Å²) in [6, 6.07) is 8.38. The minimum absolute atomic E-state index is 0.493. The molecule has 0 spiro atoms. The second kappa shape index (κ2) is 8.27. The van der Waals surface area contributed by atoms with Crippen LogP contribution in [0.25, 0.3) is 0 Å². The van der Waals surface area contributed by atoms with Crippen molar-refractivity contribution >= 4 is 23.1 Å². The molecule has 0 N–H and O–H groups in total. The monoisotopic (exact) mass is 308 g/mol. The highest BCUT2D eigenvalue weighted by Gasteiger charge is 2.04. The van der Waals surface area contributed by atoms with E-state index in [1.165, 1.54) is 24.8 Å². The minimum atomic E-state index is 0.493. The van der Waals surface area contributed by atoms with Gasteiger partial charge in [0.2, 0.25) is 0 Å². The van der Waals surface area contributed by atoms with Crippen molar-refractivity contribution in [2.24, 2.45) is 0 Å². The molecule has 0 atom stereocenters. The van der Waals surface area contributed by atoms with Crippen LogP contribution in [0.4, 0.5) is 0 Å². The molecule has 3 nitrogen and oxygen atoms in total.